The van der Waals surface area contributed by atoms with E-state index in [1.165, 1.54) is 31.2 Å². The van der Waals surface area contributed by atoms with Crippen molar-refractivity contribution in [3.8, 4) is 11.5 Å². The van der Waals surface area contributed by atoms with Gasteiger partial charge in [-0.25, -0.2) is 8.78 Å². The maximum Gasteiger partial charge on any atom is 0.586 e. The zero-order valence-electron chi connectivity index (χ0n) is 12.8. The van der Waals surface area contributed by atoms with Crippen LogP contribution in [0.4, 0.5) is 28.9 Å². The van der Waals surface area contributed by atoms with Crippen molar-refractivity contribution in [1.82, 2.24) is 0 Å². The highest BCUT2D eigenvalue weighted by Crippen LogP contribution is 2.42. The number of benzene rings is 2. The van der Waals surface area contributed by atoms with E-state index in [9.17, 15) is 22.4 Å². The Morgan fingerprint density at radius 1 is 1.08 bits per heavy atom. The number of hydrogen-bond acceptors (Lipinski definition) is 4. The summed E-state index contributed by atoms with van der Waals surface area (Å²) in [5.41, 5.74) is -0.275. The van der Waals surface area contributed by atoms with Gasteiger partial charge in [0, 0.05) is 11.8 Å². The molecule has 0 spiro atoms. The predicted octanol–water partition coefficient (Wildman–Crippen LogP) is 3.73. The molecule has 25 heavy (non-hydrogen) atoms. The topological polar surface area (TPSA) is 59.6 Å². The van der Waals surface area contributed by atoms with E-state index in [1.807, 2.05) is 0 Å². The molecule has 3 rings (SSSR count). The van der Waals surface area contributed by atoms with Crippen LogP contribution < -0.4 is 20.1 Å². The molecule has 0 fully saturated rings. The van der Waals surface area contributed by atoms with Gasteiger partial charge in [0.1, 0.15) is 23.4 Å². The Kier molecular flexibility index (Phi) is 4.15. The average molecular weight is 356 g/mol. The molecule has 5 nitrogen and oxygen atoms in total. The van der Waals surface area contributed by atoms with E-state index in [2.05, 4.69) is 20.1 Å². The smallest absolute Gasteiger partial charge is 0.395 e. The van der Waals surface area contributed by atoms with Gasteiger partial charge >= 0.3 is 6.29 Å². The number of fused-ring (bicyclic) bond motifs is 1. The van der Waals surface area contributed by atoms with Gasteiger partial charge in [0.25, 0.3) is 0 Å². The van der Waals surface area contributed by atoms with Crippen LogP contribution in [0.15, 0.2) is 36.4 Å². The van der Waals surface area contributed by atoms with Crippen molar-refractivity contribution in [3.05, 3.63) is 48.0 Å². The third-order valence-electron chi connectivity index (χ3n) is 3.39. The summed E-state index contributed by atoms with van der Waals surface area (Å²) in [4.78, 5) is 12.1. The first-order valence-electron chi connectivity index (χ1n) is 7.16. The van der Waals surface area contributed by atoms with Crippen molar-refractivity contribution in [2.24, 2.45) is 0 Å². The number of carbonyl (C=O) groups is 1. The van der Waals surface area contributed by atoms with Crippen molar-refractivity contribution in [2.75, 3.05) is 10.6 Å². The van der Waals surface area contributed by atoms with Gasteiger partial charge in [0.05, 0.1) is 0 Å². The number of amides is 1. The Labute approximate surface area is 139 Å². The van der Waals surface area contributed by atoms with Crippen molar-refractivity contribution >= 4 is 17.3 Å². The molecular formula is C16H12F4N2O3. The quantitative estimate of drug-likeness (QED) is 0.820. The van der Waals surface area contributed by atoms with E-state index in [0.29, 0.717) is 0 Å². The van der Waals surface area contributed by atoms with Gasteiger partial charge in [-0.3, -0.25) is 4.79 Å². The van der Waals surface area contributed by atoms with E-state index in [-0.39, 0.29) is 17.2 Å². The minimum absolute atomic E-state index is 0.138. The molecule has 2 aromatic carbocycles. The van der Waals surface area contributed by atoms with Gasteiger partial charge in [0.15, 0.2) is 11.5 Å². The maximum absolute atomic E-state index is 13.5. The third-order valence-corrected chi connectivity index (χ3v) is 3.39. The summed E-state index contributed by atoms with van der Waals surface area (Å²) in [7, 11) is 0. The molecule has 0 radical (unpaired) electrons. The summed E-state index contributed by atoms with van der Waals surface area (Å²) in [5.74, 6) is -2.87. The lowest BCUT2D eigenvalue weighted by atomic mass is 10.2. The average Bonchev–Trinajstić information content (AvgIpc) is 2.84. The van der Waals surface area contributed by atoms with Crippen LogP contribution in [0.2, 0.25) is 0 Å². The number of alkyl halides is 2. The summed E-state index contributed by atoms with van der Waals surface area (Å²) in [6.45, 7) is 1.44. The van der Waals surface area contributed by atoms with Gasteiger partial charge < -0.3 is 20.1 Å². The summed E-state index contributed by atoms with van der Waals surface area (Å²) in [5, 5.41) is 4.86. The molecule has 0 aliphatic carbocycles. The fraction of sp³-hybridized carbons (Fsp3) is 0.188. The fourth-order valence-corrected chi connectivity index (χ4v) is 2.20. The van der Waals surface area contributed by atoms with Gasteiger partial charge in [-0.05, 0) is 31.2 Å². The highest BCUT2D eigenvalue weighted by molar-refractivity contribution is 5.96. The second kappa shape index (κ2) is 6.15. The van der Waals surface area contributed by atoms with Crippen LogP contribution in [-0.2, 0) is 4.79 Å². The molecule has 1 atom stereocenters. The number of rotatable bonds is 4. The van der Waals surface area contributed by atoms with Crippen LogP contribution in [0, 0.1) is 11.6 Å². The molecule has 1 aliphatic rings. The van der Waals surface area contributed by atoms with Crippen LogP contribution in [0.25, 0.3) is 0 Å². The molecular weight excluding hydrogens is 344 g/mol. The monoisotopic (exact) mass is 356 g/mol. The molecule has 1 amide bonds. The number of para-hydroxylation sites is 1. The van der Waals surface area contributed by atoms with E-state index in [1.54, 1.807) is 0 Å². The lowest BCUT2D eigenvalue weighted by Gasteiger charge is -2.16. The molecule has 9 heteroatoms. The van der Waals surface area contributed by atoms with Crippen molar-refractivity contribution in [3.63, 3.8) is 0 Å². The molecule has 0 aromatic heterocycles. The molecule has 132 valence electrons. The highest BCUT2D eigenvalue weighted by atomic mass is 19.3. The molecule has 0 saturated carbocycles. The standard InChI is InChI=1S/C16H12F4N2O3/c1-8(15(23)22-14-10(17)3-2-4-11(14)18)21-9-5-6-12-13(7-9)25-16(19,20)24-12/h2-8,21H,1H3,(H,22,23)/t8-/m0/s1. The summed E-state index contributed by atoms with van der Waals surface area (Å²) < 4.78 is 61.6. The van der Waals surface area contributed by atoms with E-state index in [4.69, 9.17) is 0 Å². The highest BCUT2D eigenvalue weighted by Gasteiger charge is 2.43. The van der Waals surface area contributed by atoms with Crippen molar-refractivity contribution in [1.29, 1.82) is 0 Å². The van der Waals surface area contributed by atoms with Gasteiger partial charge in [-0.1, -0.05) is 6.07 Å². The normalized spacial score (nSPS) is 15.6. The minimum Gasteiger partial charge on any atom is -0.395 e. The van der Waals surface area contributed by atoms with Crippen LogP contribution >= 0.6 is 0 Å². The first-order chi connectivity index (χ1) is 11.7. The Morgan fingerprint density at radius 3 is 2.40 bits per heavy atom. The Balaban J connectivity index is 1.69. The zero-order valence-corrected chi connectivity index (χ0v) is 12.8. The third kappa shape index (κ3) is 3.59. The second-order valence-electron chi connectivity index (χ2n) is 5.28. The van der Waals surface area contributed by atoms with E-state index >= 15 is 0 Å². The lowest BCUT2D eigenvalue weighted by Crippen LogP contribution is -2.32. The predicted molar refractivity (Wildman–Crippen MR) is 80.7 cm³/mol. The summed E-state index contributed by atoms with van der Waals surface area (Å²) >= 11 is 0. The largest absolute Gasteiger partial charge is 0.586 e. The number of hydrogen-bond donors (Lipinski definition) is 2. The first-order valence-corrected chi connectivity index (χ1v) is 7.16. The number of halogens is 4. The molecule has 1 heterocycles. The Bertz CT molecular complexity index is 809. The molecule has 1 aliphatic heterocycles. The zero-order chi connectivity index (χ0) is 18.2. The molecule has 2 N–H and O–H groups in total. The number of carbonyl (C=O) groups excluding carboxylic acids is 1. The van der Waals surface area contributed by atoms with Gasteiger partial charge in [-0.15, -0.1) is 8.78 Å². The number of ether oxygens (including phenoxy) is 2. The van der Waals surface area contributed by atoms with Gasteiger partial charge in [-0.2, -0.15) is 0 Å². The minimum atomic E-state index is -3.74. The second-order valence-corrected chi connectivity index (χ2v) is 5.28. The summed E-state index contributed by atoms with van der Waals surface area (Å²) in [6.07, 6.45) is -3.74. The first kappa shape index (κ1) is 16.9. The lowest BCUT2D eigenvalue weighted by molar-refractivity contribution is -0.286. The SMILES string of the molecule is C[C@H](Nc1ccc2c(c1)OC(F)(F)O2)C(=O)Nc1c(F)cccc1F. The van der Waals surface area contributed by atoms with Crippen LogP contribution in [0.3, 0.4) is 0 Å². The van der Waals surface area contributed by atoms with E-state index < -0.39 is 35.6 Å². The molecule has 0 unspecified atom stereocenters. The number of anilines is 2. The van der Waals surface area contributed by atoms with Crippen LogP contribution in [0.1, 0.15) is 6.92 Å². The molecule has 0 saturated heterocycles. The molecule has 0 bridgehead atoms. The fourth-order valence-electron chi connectivity index (χ4n) is 2.20. The maximum atomic E-state index is 13.5. The van der Waals surface area contributed by atoms with Gasteiger partial charge in [0.2, 0.25) is 5.91 Å². The van der Waals surface area contributed by atoms with Crippen molar-refractivity contribution in [2.45, 2.75) is 19.3 Å². The summed E-state index contributed by atoms with van der Waals surface area (Å²) in [6, 6.07) is 6.15. The van der Waals surface area contributed by atoms with Crippen LogP contribution in [-0.4, -0.2) is 18.2 Å². The van der Waals surface area contributed by atoms with Crippen LogP contribution in [0.5, 0.6) is 11.5 Å². The Hall–Kier alpha value is -2.97. The molecule has 2 aromatic rings. The van der Waals surface area contributed by atoms with E-state index in [0.717, 1.165) is 12.1 Å². The Morgan fingerprint density at radius 2 is 1.72 bits per heavy atom. The van der Waals surface area contributed by atoms with Crippen molar-refractivity contribution < 1.29 is 31.8 Å². The number of nitrogens with one attached hydrogen (secondary N) is 2.